The lowest BCUT2D eigenvalue weighted by Crippen LogP contribution is -2.47. The van der Waals surface area contributed by atoms with E-state index in [4.69, 9.17) is 16.3 Å². The van der Waals surface area contributed by atoms with Crippen LogP contribution in [0, 0.1) is 6.92 Å². The van der Waals surface area contributed by atoms with Crippen LogP contribution >= 0.6 is 11.6 Å². The van der Waals surface area contributed by atoms with Crippen molar-refractivity contribution in [3.63, 3.8) is 0 Å². The van der Waals surface area contributed by atoms with Gasteiger partial charge in [0.05, 0.1) is 19.1 Å². The molecule has 2 aromatic carbocycles. The molecule has 146 valence electrons. The predicted molar refractivity (Wildman–Crippen MR) is 109 cm³/mol. The van der Waals surface area contributed by atoms with Crippen molar-refractivity contribution in [2.45, 2.75) is 26.3 Å². The Morgan fingerprint density at radius 2 is 1.96 bits per heavy atom. The zero-order valence-corrected chi connectivity index (χ0v) is 17.3. The number of benzene rings is 2. The molecule has 0 aliphatic rings. The van der Waals surface area contributed by atoms with Crippen molar-refractivity contribution >= 4 is 38.9 Å². The van der Waals surface area contributed by atoms with E-state index >= 15 is 0 Å². The normalized spacial score (nSPS) is 12.3. The van der Waals surface area contributed by atoms with Crippen molar-refractivity contribution in [3.8, 4) is 5.75 Å². The average molecular weight is 411 g/mol. The summed E-state index contributed by atoms with van der Waals surface area (Å²) in [6.07, 6.45) is 1.36. The van der Waals surface area contributed by atoms with Crippen LogP contribution in [0.2, 0.25) is 5.02 Å². The van der Waals surface area contributed by atoms with E-state index in [0.29, 0.717) is 22.1 Å². The lowest BCUT2D eigenvalue weighted by molar-refractivity contribution is -0.117. The van der Waals surface area contributed by atoms with Gasteiger partial charge in [0.15, 0.2) is 0 Å². The van der Waals surface area contributed by atoms with E-state index in [1.165, 1.54) is 7.11 Å². The fraction of sp³-hybridized carbons (Fsp3) is 0.316. The van der Waals surface area contributed by atoms with Gasteiger partial charge in [0.25, 0.3) is 0 Å². The SMILES string of the molecule is CC[C@H](C(=O)Nc1ccc(C)c(Cl)c1)N(c1cccc(OC)c1)S(C)(=O)=O. The first-order valence-electron chi connectivity index (χ1n) is 8.37. The molecule has 0 radical (unpaired) electrons. The summed E-state index contributed by atoms with van der Waals surface area (Å²) < 4.78 is 31.2. The molecule has 0 unspecified atom stereocenters. The van der Waals surface area contributed by atoms with E-state index in [9.17, 15) is 13.2 Å². The number of halogens is 1. The minimum atomic E-state index is -3.72. The van der Waals surface area contributed by atoms with E-state index in [1.807, 2.05) is 6.92 Å². The zero-order valence-electron chi connectivity index (χ0n) is 15.7. The second-order valence-electron chi connectivity index (χ2n) is 6.14. The maximum Gasteiger partial charge on any atom is 0.248 e. The fourth-order valence-corrected chi connectivity index (χ4v) is 4.09. The van der Waals surface area contributed by atoms with Crippen LogP contribution < -0.4 is 14.4 Å². The summed E-state index contributed by atoms with van der Waals surface area (Å²) in [6.45, 7) is 3.61. The molecule has 1 atom stereocenters. The summed E-state index contributed by atoms with van der Waals surface area (Å²) >= 11 is 6.10. The topological polar surface area (TPSA) is 75.7 Å². The molecule has 0 aromatic heterocycles. The molecule has 0 aliphatic heterocycles. The fourth-order valence-electron chi connectivity index (χ4n) is 2.70. The van der Waals surface area contributed by atoms with Crippen LogP contribution in [0.4, 0.5) is 11.4 Å². The highest BCUT2D eigenvalue weighted by Crippen LogP contribution is 2.27. The quantitative estimate of drug-likeness (QED) is 0.752. The zero-order chi connectivity index (χ0) is 20.2. The van der Waals surface area contributed by atoms with Crippen LogP contribution in [0.5, 0.6) is 5.75 Å². The first-order valence-corrected chi connectivity index (χ1v) is 10.6. The molecule has 0 heterocycles. The number of hydrogen-bond donors (Lipinski definition) is 1. The molecule has 0 spiro atoms. The highest BCUT2D eigenvalue weighted by atomic mass is 35.5. The van der Waals surface area contributed by atoms with Gasteiger partial charge in [0.2, 0.25) is 15.9 Å². The van der Waals surface area contributed by atoms with Crippen LogP contribution in [0.25, 0.3) is 0 Å². The summed E-state index contributed by atoms with van der Waals surface area (Å²) in [5.41, 5.74) is 1.75. The van der Waals surface area contributed by atoms with Gasteiger partial charge in [0.1, 0.15) is 11.8 Å². The molecule has 1 amide bonds. The van der Waals surface area contributed by atoms with Gasteiger partial charge in [-0.15, -0.1) is 0 Å². The number of nitrogens with one attached hydrogen (secondary N) is 1. The van der Waals surface area contributed by atoms with Gasteiger partial charge in [0, 0.05) is 16.8 Å². The van der Waals surface area contributed by atoms with Crippen molar-refractivity contribution in [1.82, 2.24) is 0 Å². The number of carbonyl (C=O) groups excluding carboxylic acids is 1. The van der Waals surface area contributed by atoms with Crippen LogP contribution in [-0.2, 0) is 14.8 Å². The van der Waals surface area contributed by atoms with Crippen molar-refractivity contribution in [2.24, 2.45) is 0 Å². The maximum atomic E-state index is 12.9. The smallest absolute Gasteiger partial charge is 0.248 e. The van der Waals surface area contributed by atoms with Crippen molar-refractivity contribution in [3.05, 3.63) is 53.1 Å². The van der Waals surface area contributed by atoms with Gasteiger partial charge < -0.3 is 10.1 Å². The second kappa shape index (κ2) is 8.63. The highest BCUT2D eigenvalue weighted by Gasteiger charge is 2.31. The average Bonchev–Trinajstić information content (AvgIpc) is 2.61. The molecular weight excluding hydrogens is 388 g/mol. The monoisotopic (exact) mass is 410 g/mol. The van der Waals surface area contributed by atoms with Crippen molar-refractivity contribution < 1.29 is 17.9 Å². The lowest BCUT2D eigenvalue weighted by atomic mass is 10.1. The molecule has 8 heteroatoms. The third-order valence-electron chi connectivity index (χ3n) is 4.08. The minimum Gasteiger partial charge on any atom is -0.497 e. The molecule has 0 saturated heterocycles. The molecule has 0 saturated carbocycles. The second-order valence-corrected chi connectivity index (χ2v) is 8.40. The number of carbonyl (C=O) groups is 1. The summed E-state index contributed by atoms with van der Waals surface area (Å²) in [7, 11) is -2.22. The van der Waals surface area contributed by atoms with E-state index < -0.39 is 22.0 Å². The number of rotatable bonds is 7. The summed E-state index contributed by atoms with van der Waals surface area (Å²) in [5, 5.41) is 3.27. The molecule has 0 aliphatic carbocycles. The van der Waals surface area contributed by atoms with Gasteiger partial charge in [-0.1, -0.05) is 30.7 Å². The first kappa shape index (κ1) is 21.1. The standard InChI is InChI=1S/C19H23ClN2O4S/c1-5-18(19(23)21-14-10-9-13(2)17(20)11-14)22(27(4,24)25)15-7-6-8-16(12-15)26-3/h6-12,18H,5H2,1-4H3,(H,21,23)/t18-/m1/s1. The minimum absolute atomic E-state index is 0.287. The number of aryl methyl sites for hydroxylation is 1. The molecule has 1 N–H and O–H groups in total. The van der Waals surface area contributed by atoms with Gasteiger partial charge in [-0.2, -0.15) is 0 Å². The Labute approximate surface area is 165 Å². The van der Waals surface area contributed by atoms with Crippen LogP contribution in [0.1, 0.15) is 18.9 Å². The third kappa shape index (κ3) is 5.14. The highest BCUT2D eigenvalue weighted by molar-refractivity contribution is 7.92. The number of hydrogen-bond acceptors (Lipinski definition) is 4. The Morgan fingerprint density at radius 3 is 2.52 bits per heavy atom. The Bertz CT molecular complexity index is 931. The van der Waals surface area contributed by atoms with Crippen LogP contribution in [-0.4, -0.2) is 33.7 Å². The Hall–Kier alpha value is -2.25. The number of amides is 1. The van der Waals surface area contributed by atoms with Crippen LogP contribution in [0.3, 0.4) is 0 Å². The van der Waals surface area contributed by atoms with Gasteiger partial charge in [-0.05, 0) is 43.2 Å². The number of methoxy groups -OCH3 is 1. The number of anilines is 2. The molecule has 2 aromatic rings. The Morgan fingerprint density at radius 1 is 1.26 bits per heavy atom. The van der Waals surface area contributed by atoms with Gasteiger partial charge in [-0.3, -0.25) is 9.10 Å². The van der Waals surface area contributed by atoms with Gasteiger partial charge in [-0.25, -0.2) is 8.42 Å². The molecule has 27 heavy (non-hydrogen) atoms. The first-order chi connectivity index (χ1) is 12.7. The van der Waals surface area contributed by atoms with Crippen molar-refractivity contribution in [1.29, 1.82) is 0 Å². The van der Waals surface area contributed by atoms with Crippen molar-refractivity contribution in [2.75, 3.05) is 23.0 Å². The van der Waals surface area contributed by atoms with E-state index in [2.05, 4.69) is 5.32 Å². The lowest BCUT2D eigenvalue weighted by Gasteiger charge is -2.30. The maximum absolute atomic E-state index is 12.9. The van der Waals surface area contributed by atoms with Gasteiger partial charge >= 0.3 is 0 Å². The number of ether oxygens (including phenoxy) is 1. The van der Waals surface area contributed by atoms with Crippen LogP contribution in [0.15, 0.2) is 42.5 Å². The van der Waals surface area contributed by atoms with E-state index in [0.717, 1.165) is 16.1 Å². The summed E-state index contributed by atoms with van der Waals surface area (Å²) in [4.78, 5) is 12.9. The summed E-state index contributed by atoms with van der Waals surface area (Å²) in [5.74, 6) is 0.0624. The molecule has 0 bridgehead atoms. The molecule has 6 nitrogen and oxygen atoms in total. The Kier molecular flexibility index (Phi) is 6.73. The summed E-state index contributed by atoms with van der Waals surface area (Å²) in [6, 6.07) is 10.8. The molecule has 0 fully saturated rings. The third-order valence-corrected chi connectivity index (χ3v) is 5.66. The largest absolute Gasteiger partial charge is 0.497 e. The van der Waals surface area contributed by atoms with E-state index in [-0.39, 0.29) is 6.42 Å². The Balaban J connectivity index is 2.39. The number of nitrogens with zero attached hydrogens (tertiary/aromatic N) is 1. The predicted octanol–water partition coefficient (Wildman–Crippen LogP) is 3.84. The van der Waals surface area contributed by atoms with E-state index in [1.54, 1.807) is 49.4 Å². The molecular formula is C19H23ClN2O4S. The molecule has 2 rings (SSSR count). The number of sulfonamides is 1.